The fourth-order valence-corrected chi connectivity index (χ4v) is 3.95. The molecule has 0 atom stereocenters. The minimum absolute atomic E-state index is 0.507. The van der Waals surface area contributed by atoms with Crippen LogP contribution >= 0.6 is 11.6 Å². The fraction of sp³-hybridized carbons (Fsp3) is 0.143. The maximum atomic E-state index is 6.32. The zero-order valence-corrected chi connectivity index (χ0v) is 13.9. The molecule has 0 heterocycles. The minimum Gasteiger partial charge on any atom is -0.496 e. The third-order valence-electron chi connectivity index (χ3n) is 4.73. The molecule has 0 aromatic heterocycles. The van der Waals surface area contributed by atoms with Gasteiger partial charge in [0.2, 0.25) is 0 Å². The van der Waals surface area contributed by atoms with Gasteiger partial charge in [-0.25, -0.2) is 0 Å². The number of alkyl halides is 1. The van der Waals surface area contributed by atoms with E-state index in [0.717, 1.165) is 11.1 Å². The van der Waals surface area contributed by atoms with Crippen molar-refractivity contribution < 1.29 is 4.74 Å². The quantitative estimate of drug-likeness (QED) is 0.243. The van der Waals surface area contributed by atoms with Crippen LogP contribution in [0.25, 0.3) is 32.3 Å². The highest BCUT2D eigenvalue weighted by Gasteiger charge is 2.14. The first kappa shape index (κ1) is 14.3. The van der Waals surface area contributed by atoms with Crippen LogP contribution < -0.4 is 4.74 Å². The monoisotopic (exact) mass is 320 g/mol. The van der Waals surface area contributed by atoms with Crippen LogP contribution in [0.4, 0.5) is 0 Å². The number of aryl methyl sites for hydroxylation is 1. The lowest BCUT2D eigenvalue weighted by Gasteiger charge is -2.16. The molecule has 0 saturated heterocycles. The number of halogens is 1. The Bertz CT molecular complexity index is 1050. The molecule has 114 valence electrons. The van der Waals surface area contributed by atoms with Gasteiger partial charge >= 0.3 is 0 Å². The van der Waals surface area contributed by atoms with E-state index in [1.54, 1.807) is 7.11 Å². The van der Waals surface area contributed by atoms with Crippen molar-refractivity contribution in [3.63, 3.8) is 0 Å². The molecule has 0 radical (unpaired) electrons. The van der Waals surface area contributed by atoms with Crippen LogP contribution in [0.1, 0.15) is 11.1 Å². The van der Waals surface area contributed by atoms with Crippen molar-refractivity contribution in [2.75, 3.05) is 7.11 Å². The van der Waals surface area contributed by atoms with Crippen molar-refractivity contribution in [1.82, 2.24) is 0 Å². The van der Waals surface area contributed by atoms with Crippen LogP contribution in [0.15, 0.2) is 54.6 Å². The molecule has 0 aliphatic carbocycles. The van der Waals surface area contributed by atoms with Crippen LogP contribution in [0, 0.1) is 6.92 Å². The molecule has 4 aromatic carbocycles. The Labute approximate surface area is 140 Å². The van der Waals surface area contributed by atoms with Gasteiger partial charge in [0.15, 0.2) is 0 Å². The van der Waals surface area contributed by atoms with E-state index in [4.69, 9.17) is 16.3 Å². The van der Waals surface area contributed by atoms with Gasteiger partial charge in [0.25, 0.3) is 0 Å². The van der Waals surface area contributed by atoms with E-state index in [-0.39, 0.29) is 0 Å². The van der Waals surface area contributed by atoms with E-state index in [1.807, 2.05) is 6.07 Å². The number of hydrogen-bond acceptors (Lipinski definition) is 1. The van der Waals surface area contributed by atoms with E-state index in [0.29, 0.717) is 5.88 Å². The summed E-state index contributed by atoms with van der Waals surface area (Å²) >= 11 is 6.32. The van der Waals surface area contributed by atoms with Crippen LogP contribution in [0.2, 0.25) is 0 Å². The smallest absolute Gasteiger partial charge is 0.126 e. The molecule has 0 saturated carbocycles. The Morgan fingerprint density at radius 3 is 2.22 bits per heavy atom. The molecule has 0 unspecified atom stereocenters. The van der Waals surface area contributed by atoms with E-state index < -0.39 is 0 Å². The first-order valence-corrected chi connectivity index (χ1v) is 8.25. The Balaban J connectivity index is 2.32. The summed E-state index contributed by atoms with van der Waals surface area (Å²) in [6, 6.07) is 19.0. The van der Waals surface area contributed by atoms with E-state index in [2.05, 4.69) is 55.5 Å². The third kappa shape index (κ3) is 2.00. The van der Waals surface area contributed by atoms with Gasteiger partial charge in [-0.1, -0.05) is 48.5 Å². The number of benzene rings is 4. The lowest BCUT2D eigenvalue weighted by atomic mass is 9.90. The molecule has 0 aliphatic rings. The lowest BCUT2D eigenvalue weighted by Crippen LogP contribution is -1.92. The minimum atomic E-state index is 0.507. The van der Waals surface area contributed by atoms with E-state index >= 15 is 0 Å². The van der Waals surface area contributed by atoms with Crippen LogP contribution in [-0.4, -0.2) is 7.11 Å². The fourth-order valence-electron chi connectivity index (χ4n) is 3.66. The molecule has 2 heteroatoms. The maximum absolute atomic E-state index is 6.32. The number of ether oxygens (including phenoxy) is 1. The van der Waals surface area contributed by atoms with E-state index in [1.165, 1.54) is 38.1 Å². The summed E-state index contributed by atoms with van der Waals surface area (Å²) in [4.78, 5) is 0. The Hall–Kier alpha value is -2.25. The topological polar surface area (TPSA) is 9.23 Å². The van der Waals surface area contributed by atoms with Crippen molar-refractivity contribution in [3.8, 4) is 5.75 Å². The molecular formula is C21H17ClO. The average molecular weight is 321 g/mol. The van der Waals surface area contributed by atoms with Gasteiger partial charge < -0.3 is 4.74 Å². The van der Waals surface area contributed by atoms with Gasteiger partial charge in [0.1, 0.15) is 5.75 Å². The van der Waals surface area contributed by atoms with Crippen molar-refractivity contribution in [3.05, 3.63) is 65.7 Å². The Morgan fingerprint density at radius 1 is 0.783 bits per heavy atom. The van der Waals surface area contributed by atoms with Crippen LogP contribution in [0.3, 0.4) is 0 Å². The predicted octanol–water partition coefficient (Wildman–Crippen LogP) is 6.20. The van der Waals surface area contributed by atoms with Crippen molar-refractivity contribution >= 4 is 43.9 Å². The molecule has 0 spiro atoms. The van der Waals surface area contributed by atoms with Crippen LogP contribution in [-0.2, 0) is 5.88 Å². The zero-order valence-electron chi connectivity index (χ0n) is 13.2. The Morgan fingerprint density at radius 2 is 1.48 bits per heavy atom. The second-order valence-electron chi connectivity index (χ2n) is 5.83. The highest BCUT2D eigenvalue weighted by Crippen LogP contribution is 2.39. The number of fused-ring (bicyclic) bond motifs is 4. The highest BCUT2D eigenvalue weighted by atomic mass is 35.5. The summed E-state index contributed by atoms with van der Waals surface area (Å²) in [5.74, 6) is 1.41. The number of hydrogen-bond donors (Lipinski definition) is 0. The third-order valence-corrected chi connectivity index (χ3v) is 5.00. The highest BCUT2D eigenvalue weighted by molar-refractivity contribution is 6.23. The SMILES string of the molecule is COc1cccc2c1ccc1c(CCl)c3ccccc3c(C)c12. The second kappa shape index (κ2) is 5.43. The summed E-state index contributed by atoms with van der Waals surface area (Å²) in [6.45, 7) is 2.20. The van der Waals surface area contributed by atoms with Crippen molar-refractivity contribution in [2.45, 2.75) is 12.8 Å². The zero-order chi connectivity index (χ0) is 16.0. The number of methoxy groups -OCH3 is 1. The van der Waals surface area contributed by atoms with Gasteiger partial charge in [0.05, 0.1) is 7.11 Å². The first-order chi connectivity index (χ1) is 11.3. The molecule has 0 aliphatic heterocycles. The first-order valence-electron chi connectivity index (χ1n) is 7.72. The van der Waals surface area contributed by atoms with Gasteiger partial charge in [0, 0.05) is 11.3 Å². The van der Waals surface area contributed by atoms with E-state index in [9.17, 15) is 0 Å². The molecule has 4 rings (SSSR count). The van der Waals surface area contributed by atoms with Gasteiger partial charge in [-0.3, -0.25) is 0 Å². The largest absolute Gasteiger partial charge is 0.496 e. The molecule has 23 heavy (non-hydrogen) atoms. The summed E-state index contributed by atoms with van der Waals surface area (Å²) in [5, 5.41) is 7.38. The summed E-state index contributed by atoms with van der Waals surface area (Å²) in [6.07, 6.45) is 0. The molecule has 0 N–H and O–H groups in total. The molecule has 0 amide bonds. The van der Waals surface area contributed by atoms with Gasteiger partial charge in [-0.15, -0.1) is 11.6 Å². The summed E-state index contributed by atoms with van der Waals surface area (Å²) in [5.41, 5.74) is 2.50. The van der Waals surface area contributed by atoms with Crippen molar-refractivity contribution in [2.24, 2.45) is 0 Å². The molecule has 4 aromatic rings. The lowest BCUT2D eigenvalue weighted by molar-refractivity contribution is 0.420. The molecule has 0 fully saturated rings. The normalized spacial score (nSPS) is 11.4. The van der Waals surface area contributed by atoms with Gasteiger partial charge in [-0.05, 0) is 51.0 Å². The Kier molecular flexibility index (Phi) is 3.39. The second-order valence-corrected chi connectivity index (χ2v) is 6.09. The summed E-state index contributed by atoms with van der Waals surface area (Å²) < 4.78 is 5.53. The predicted molar refractivity (Wildman–Crippen MR) is 99.8 cm³/mol. The standard InChI is InChI=1S/C21H17ClO/c1-13-14-6-3-4-7-15(14)19(12-22)18-11-10-16-17(21(13)18)8-5-9-20(16)23-2/h3-11H,12H2,1-2H3. The molecular weight excluding hydrogens is 304 g/mol. The average Bonchev–Trinajstić information content (AvgIpc) is 2.61. The molecule has 0 bridgehead atoms. The summed E-state index contributed by atoms with van der Waals surface area (Å²) in [7, 11) is 1.72. The van der Waals surface area contributed by atoms with Gasteiger partial charge in [-0.2, -0.15) is 0 Å². The maximum Gasteiger partial charge on any atom is 0.126 e. The molecule has 1 nitrogen and oxygen atoms in total. The van der Waals surface area contributed by atoms with Crippen molar-refractivity contribution in [1.29, 1.82) is 0 Å². The van der Waals surface area contributed by atoms with Crippen LogP contribution in [0.5, 0.6) is 5.75 Å². The number of rotatable bonds is 2.